The van der Waals surface area contributed by atoms with Gasteiger partial charge in [0.1, 0.15) is 0 Å². The number of aromatic carboxylic acids is 1. The van der Waals surface area contributed by atoms with Crippen molar-refractivity contribution in [3.05, 3.63) is 47.8 Å². The Kier molecular flexibility index (Phi) is 5.80. The van der Waals surface area contributed by atoms with Crippen molar-refractivity contribution in [3.8, 4) is 11.1 Å². The minimum atomic E-state index is -4.24. The van der Waals surface area contributed by atoms with Gasteiger partial charge >= 0.3 is 16.2 Å². The molecular formula is C16H20N4O5S. The van der Waals surface area contributed by atoms with Crippen molar-refractivity contribution in [1.82, 2.24) is 8.87 Å². The molecule has 5 N–H and O–H groups in total. The molecule has 0 radical (unpaired) electrons. The lowest BCUT2D eigenvalue weighted by atomic mass is 10.0. The molecule has 1 amide bonds. The molecule has 0 bridgehead atoms. The number of nitrogens with zero attached hydrogens (tertiary/aromatic N) is 2. The lowest BCUT2D eigenvalue weighted by molar-refractivity contribution is 0.0689. The average molecular weight is 380 g/mol. The fourth-order valence-corrected chi connectivity index (χ4v) is 3.17. The van der Waals surface area contributed by atoms with E-state index in [1.807, 2.05) is 0 Å². The molecule has 1 heterocycles. The summed E-state index contributed by atoms with van der Waals surface area (Å²) >= 11 is 0. The number of carbonyl (C=O) groups excluding carboxylic acids is 1. The standard InChI is InChI=1S/C16H20N4O5S/c1-19(9-2-8-17)15(21)12-5-3-11(4-6-12)13-7-10-20(26(18,24)25)14(13)16(22)23/h3-7,10H,2,8-9,17H2,1H3,(H,22,23)(H2,18,24,25). The molecule has 0 spiro atoms. The van der Waals surface area contributed by atoms with Crippen LogP contribution < -0.4 is 10.9 Å². The largest absolute Gasteiger partial charge is 0.477 e. The number of hydrogen-bond acceptors (Lipinski definition) is 5. The molecule has 0 fully saturated rings. The second-order valence-electron chi connectivity index (χ2n) is 5.67. The van der Waals surface area contributed by atoms with Crippen molar-refractivity contribution in [2.24, 2.45) is 10.9 Å². The molecule has 26 heavy (non-hydrogen) atoms. The van der Waals surface area contributed by atoms with Crippen LogP contribution in [-0.2, 0) is 10.2 Å². The first-order valence-corrected chi connectivity index (χ1v) is 9.21. The molecule has 0 saturated carbocycles. The van der Waals surface area contributed by atoms with Gasteiger partial charge in [0.2, 0.25) is 0 Å². The summed E-state index contributed by atoms with van der Waals surface area (Å²) in [5, 5.41) is 14.4. The summed E-state index contributed by atoms with van der Waals surface area (Å²) in [5.74, 6) is -1.62. The highest BCUT2D eigenvalue weighted by atomic mass is 32.2. The fourth-order valence-electron chi connectivity index (χ4n) is 2.51. The predicted octanol–water partition coefficient (Wildman–Crippen LogP) is 0.326. The minimum Gasteiger partial charge on any atom is -0.477 e. The molecule has 0 saturated heterocycles. The maximum absolute atomic E-state index is 12.3. The van der Waals surface area contributed by atoms with Gasteiger partial charge in [-0.25, -0.2) is 13.9 Å². The molecule has 0 aliphatic carbocycles. The lowest BCUT2D eigenvalue weighted by Gasteiger charge is -2.16. The van der Waals surface area contributed by atoms with Gasteiger partial charge in [0.15, 0.2) is 5.69 Å². The van der Waals surface area contributed by atoms with E-state index in [0.717, 1.165) is 6.20 Å². The zero-order valence-electron chi connectivity index (χ0n) is 14.1. The predicted molar refractivity (Wildman–Crippen MR) is 96.0 cm³/mol. The Morgan fingerprint density at radius 3 is 2.31 bits per heavy atom. The SMILES string of the molecule is CN(CCCN)C(=O)c1ccc(-c2ccn(S(N)(=O)=O)c2C(=O)O)cc1. The second kappa shape index (κ2) is 7.68. The van der Waals surface area contributed by atoms with Crippen LogP contribution in [0.3, 0.4) is 0 Å². The van der Waals surface area contributed by atoms with Gasteiger partial charge in [-0.05, 0) is 36.7 Å². The molecule has 1 aromatic heterocycles. The van der Waals surface area contributed by atoms with Crippen molar-refractivity contribution in [2.45, 2.75) is 6.42 Å². The molecule has 1 aromatic carbocycles. The molecule has 10 heteroatoms. The normalized spacial score (nSPS) is 11.3. The number of hydrogen-bond donors (Lipinski definition) is 3. The van der Waals surface area contributed by atoms with Crippen LogP contribution in [0.5, 0.6) is 0 Å². The minimum absolute atomic E-state index is 0.182. The summed E-state index contributed by atoms with van der Waals surface area (Å²) < 4.78 is 23.6. The Morgan fingerprint density at radius 2 is 1.81 bits per heavy atom. The Hall–Kier alpha value is -2.69. The Morgan fingerprint density at radius 1 is 1.19 bits per heavy atom. The molecule has 0 aliphatic heterocycles. The summed E-state index contributed by atoms with van der Waals surface area (Å²) in [6.45, 7) is 1.01. The third-order valence-electron chi connectivity index (χ3n) is 3.82. The summed E-state index contributed by atoms with van der Waals surface area (Å²) in [6.07, 6.45) is 1.76. The molecule has 0 atom stereocenters. The quantitative estimate of drug-likeness (QED) is 0.630. The lowest BCUT2D eigenvalue weighted by Crippen LogP contribution is -2.28. The third kappa shape index (κ3) is 4.10. The third-order valence-corrected chi connectivity index (χ3v) is 4.67. The molecule has 0 unspecified atom stereocenters. The van der Waals surface area contributed by atoms with Crippen LogP contribution in [0, 0.1) is 0 Å². The molecule has 2 rings (SSSR count). The average Bonchev–Trinajstić information content (AvgIpc) is 3.05. The zero-order valence-corrected chi connectivity index (χ0v) is 14.9. The van der Waals surface area contributed by atoms with Crippen molar-refractivity contribution in [2.75, 3.05) is 20.1 Å². The number of carbonyl (C=O) groups is 2. The number of rotatable bonds is 7. The molecular weight excluding hydrogens is 360 g/mol. The van der Waals surface area contributed by atoms with Gasteiger partial charge in [-0.15, -0.1) is 0 Å². The second-order valence-corrected chi connectivity index (χ2v) is 7.09. The van der Waals surface area contributed by atoms with Crippen LogP contribution in [0.1, 0.15) is 27.3 Å². The maximum atomic E-state index is 12.3. The summed E-state index contributed by atoms with van der Waals surface area (Å²) in [7, 11) is -2.58. The number of aromatic nitrogens is 1. The fraction of sp³-hybridized carbons (Fsp3) is 0.250. The Labute approximate surface area is 151 Å². The van der Waals surface area contributed by atoms with Crippen LogP contribution >= 0.6 is 0 Å². The first-order valence-electron chi connectivity index (χ1n) is 7.70. The van der Waals surface area contributed by atoms with E-state index in [4.69, 9.17) is 10.9 Å². The Balaban J connectivity index is 2.36. The molecule has 140 valence electrons. The zero-order chi connectivity index (χ0) is 19.5. The van der Waals surface area contributed by atoms with Crippen LogP contribution in [0.15, 0.2) is 36.5 Å². The van der Waals surface area contributed by atoms with Gasteiger partial charge in [-0.2, -0.15) is 8.42 Å². The van der Waals surface area contributed by atoms with E-state index in [2.05, 4.69) is 0 Å². The highest BCUT2D eigenvalue weighted by Gasteiger charge is 2.23. The number of carboxylic acids is 1. The van der Waals surface area contributed by atoms with Crippen LogP contribution in [0.25, 0.3) is 11.1 Å². The van der Waals surface area contributed by atoms with Crippen molar-refractivity contribution < 1.29 is 23.1 Å². The summed E-state index contributed by atoms with van der Waals surface area (Å²) in [4.78, 5) is 25.3. The van der Waals surface area contributed by atoms with Gasteiger partial charge in [0, 0.05) is 30.9 Å². The summed E-state index contributed by atoms with van der Waals surface area (Å²) in [5.41, 5.74) is 6.02. The van der Waals surface area contributed by atoms with Crippen LogP contribution in [0.4, 0.5) is 0 Å². The van der Waals surface area contributed by atoms with E-state index >= 15 is 0 Å². The number of nitrogens with two attached hydrogens (primary N) is 2. The summed E-state index contributed by atoms with van der Waals surface area (Å²) in [6, 6.07) is 7.56. The van der Waals surface area contributed by atoms with Gasteiger partial charge < -0.3 is 15.7 Å². The highest BCUT2D eigenvalue weighted by molar-refractivity contribution is 7.87. The van der Waals surface area contributed by atoms with Crippen molar-refractivity contribution in [1.29, 1.82) is 0 Å². The Bertz CT molecular complexity index is 919. The van der Waals surface area contributed by atoms with Gasteiger partial charge in [-0.1, -0.05) is 12.1 Å². The highest BCUT2D eigenvalue weighted by Crippen LogP contribution is 2.26. The molecule has 9 nitrogen and oxygen atoms in total. The van der Waals surface area contributed by atoms with Gasteiger partial charge in [-0.3, -0.25) is 4.79 Å². The van der Waals surface area contributed by atoms with E-state index in [-0.39, 0.29) is 11.5 Å². The first-order chi connectivity index (χ1) is 12.2. The van der Waals surface area contributed by atoms with Crippen LogP contribution in [-0.4, -0.2) is 54.4 Å². The van der Waals surface area contributed by atoms with E-state index in [1.165, 1.54) is 6.07 Å². The molecule has 0 aliphatic rings. The molecule has 2 aromatic rings. The van der Waals surface area contributed by atoms with Crippen LogP contribution in [0.2, 0.25) is 0 Å². The van der Waals surface area contributed by atoms with Crippen molar-refractivity contribution >= 4 is 22.1 Å². The topological polar surface area (TPSA) is 149 Å². The van der Waals surface area contributed by atoms with E-state index < -0.39 is 21.9 Å². The van der Waals surface area contributed by atoms with E-state index in [0.29, 0.717) is 34.6 Å². The first kappa shape index (κ1) is 19.6. The van der Waals surface area contributed by atoms with Crippen molar-refractivity contribution in [3.63, 3.8) is 0 Å². The smallest absolute Gasteiger partial charge is 0.354 e. The number of amides is 1. The monoisotopic (exact) mass is 380 g/mol. The van der Waals surface area contributed by atoms with Gasteiger partial charge in [0.25, 0.3) is 5.91 Å². The maximum Gasteiger partial charge on any atom is 0.354 e. The number of carboxylic acid groups (broad SMARTS) is 1. The van der Waals surface area contributed by atoms with E-state index in [1.54, 1.807) is 36.2 Å². The van der Waals surface area contributed by atoms with E-state index in [9.17, 15) is 23.1 Å². The number of benzene rings is 1. The van der Waals surface area contributed by atoms with Gasteiger partial charge in [0.05, 0.1) is 0 Å².